The van der Waals surface area contributed by atoms with Gasteiger partial charge >= 0.3 is 12.5 Å². The molecule has 1 heterocycles. The van der Waals surface area contributed by atoms with E-state index in [-0.39, 0.29) is 30.3 Å². The first-order valence-electron chi connectivity index (χ1n) is 5.24. The van der Waals surface area contributed by atoms with Gasteiger partial charge in [0.05, 0.1) is 12.6 Å². The van der Waals surface area contributed by atoms with E-state index in [2.05, 4.69) is 14.8 Å². The Morgan fingerprint density at radius 1 is 1.32 bits per heavy atom. The first-order chi connectivity index (χ1) is 8.46. The predicted molar refractivity (Wildman–Crippen MR) is 62.2 cm³/mol. The molecule has 1 aliphatic rings. The van der Waals surface area contributed by atoms with Gasteiger partial charge in [-0.15, -0.1) is 25.6 Å². The van der Waals surface area contributed by atoms with Crippen molar-refractivity contribution < 1.29 is 27.4 Å². The number of alkyl halides is 3. The second kappa shape index (κ2) is 6.01. The largest absolute Gasteiger partial charge is 0.573 e. The second-order valence-electron chi connectivity index (χ2n) is 3.71. The minimum absolute atomic E-state index is 0. The molecular weight excluding hydrogens is 287 g/mol. The average Bonchev–Trinajstić information content (AvgIpc) is 2.27. The van der Waals surface area contributed by atoms with Gasteiger partial charge < -0.3 is 14.8 Å². The highest BCUT2D eigenvalue weighted by molar-refractivity contribution is 5.85. The van der Waals surface area contributed by atoms with E-state index in [0.29, 0.717) is 6.42 Å². The number of carbonyl (C=O) groups is 1. The SMILES string of the molecule is Cl.O=C1N[C@H](c2ccccc2OC(F)(F)F)CCO1. The normalized spacial score (nSPS) is 18.9. The van der Waals surface area contributed by atoms with Crippen LogP contribution in [0.4, 0.5) is 18.0 Å². The molecule has 0 aliphatic carbocycles. The zero-order chi connectivity index (χ0) is 13.2. The van der Waals surface area contributed by atoms with Crippen molar-refractivity contribution in [2.45, 2.75) is 18.8 Å². The van der Waals surface area contributed by atoms with Crippen LogP contribution in [0.2, 0.25) is 0 Å². The van der Waals surface area contributed by atoms with Crippen LogP contribution >= 0.6 is 12.4 Å². The van der Waals surface area contributed by atoms with Crippen LogP contribution in [0.15, 0.2) is 24.3 Å². The highest BCUT2D eigenvalue weighted by Gasteiger charge is 2.33. The van der Waals surface area contributed by atoms with Gasteiger partial charge in [0, 0.05) is 12.0 Å². The minimum Gasteiger partial charge on any atom is -0.449 e. The number of para-hydroxylation sites is 1. The molecule has 0 bridgehead atoms. The maximum absolute atomic E-state index is 12.2. The Balaban J connectivity index is 0.00000180. The van der Waals surface area contributed by atoms with Gasteiger partial charge in [-0.1, -0.05) is 18.2 Å². The van der Waals surface area contributed by atoms with Crippen LogP contribution in [0.3, 0.4) is 0 Å². The summed E-state index contributed by atoms with van der Waals surface area (Å²) in [4.78, 5) is 11.0. The van der Waals surface area contributed by atoms with Crippen LogP contribution in [0.25, 0.3) is 0 Å². The molecular formula is C11H11ClF3NO3. The summed E-state index contributed by atoms with van der Waals surface area (Å²) in [5.74, 6) is -0.308. The number of amides is 1. The molecule has 1 fully saturated rings. The van der Waals surface area contributed by atoms with Crippen LogP contribution in [0.1, 0.15) is 18.0 Å². The van der Waals surface area contributed by atoms with Crippen molar-refractivity contribution in [3.05, 3.63) is 29.8 Å². The lowest BCUT2D eigenvalue weighted by Crippen LogP contribution is -2.35. The number of hydrogen-bond donors (Lipinski definition) is 1. The molecule has 1 aromatic carbocycles. The number of carbonyl (C=O) groups excluding carboxylic acids is 1. The molecule has 1 N–H and O–H groups in total. The highest BCUT2D eigenvalue weighted by Crippen LogP contribution is 2.32. The molecule has 0 unspecified atom stereocenters. The Morgan fingerprint density at radius 2 is 2.00 bits per heavy atom. The summed E-state index contributed by atoms with van der Waals surface area (Å²) in [6.45, 7) is 0.164. The molecule has 1 amide bonds. The summed E-state index contributed by atoms with van der Waals surface area (Å²) in [5, 5.41) is 2.45. The Morgan fingerprint density at radius 3 is 2.63 bits per heavy atom. The molecule has 1 aromatic rings. The smallest absolute Gasteiger partial charge is 0.449 e. The number of cyclic esters (lactones) is 1. The third-order valence-electron chi connectivity index (χ3n) is 2.45. The molecule has 106 valence electrons. The maximum atomic E-state index is 12.2. The summed E-state index contributed by atoms with van der Waals surface area (Å²) in [6, 6.07) is 5.18. The van der Waals surface area contributed by atoms with Crippen molar-refractivity contribution in [2.75, 3.05) is 6.61 Å². The molecule has 4 nitrogen and oxygen atoms in total. The zero-order valence-electron chi connectivity index (χ0n) is 9.57. The van der Waals surface area contributed by atoms with Crippen molar-refractivity contribution in [2.24, 2.45) is 0 Å². The van der Waals surface area contributed by atoms with Gasteiger partial charge in [0.15, 0.2) is 0 Å². The zero-order valence-corrected chi connectivity index (χ0v) is 10.4. The molecule has 0 spiro atoms. The van der Waals surface area contributed by atoms with Gasteiger partial charge in [0.2, 0.25) is 0 Å². The van der Waals surface area contributed by atoms with Crippen LogP contribution < -0.4 is 10.1 Å². The van der Waals surface area contributed by atoms with Crippen molar-refractivity contribution in [1.82, 2.24) is 5.32 Å². The van der Waals surface area contributed by atoms with Crippen LogP contribution in [0.5, 0.6) is 5.75 Å². The standard InChI is InChI=1S/C11H10F3NO3.ClH/c12-11(13,14)18-9-4-2-1-3-7(9)8-5-6-17-10(16)15-8;/h1-4,8H,5-6H2,(H,15,16);1H/t8-;/m0./s1. The molecule has 1 aliphatic heterocycles. The van der Waals surface area contributed by atoms with Crippen molar-refractivity contribution in [1.29, 1.82) is 0 Å². The highest BCUT2D eigenvalue weighted by atomic mass is 35.5. The summed E-state index contributed by atoms with van der Waals surface area (Å²) in [7, 11) is 0. The van der Waals surface area contributed by atoms with Gasteiger partial charge in [-0.25, -0.2) is 4.79 Å². The Bertz CT molecular complexity index is 453. The first-order valence-corrected chi connectivity index (χ1v) is 5.24. The minimum atomic E-state index is -4.76. The van der Waals surface area contributed by atoms with Gasteiger partial charge in [0.1, 0.15) is 5.75 Å². The summed E-state index contributed by atoms with van der Waals surface area (Å²) in [5.41, 5.74) is 0.284. The van der Waals surface area contributed by atoms with E-state index in [0.717, 1.165) is 0 Å². The average molecular weight is 298 g/mol. The molecule has 19 heavy (non-hydrogen) atoms. The lowest BCUT2D eigenvalue weighted by atomic mass is 10.0. The molecule has 0 saturated carbocycles. The second-order valence-corrected chi connectivity index (χ2v) is 3.71. The lowest BCUT2D eigenvalue weighted by molar-refractivity contribution is -0.275. The molecule has 8 heteroatoms. The Hall–Kier alpha value is -1.63. The molecule has 1 saturated heterocycles. The van der Waals surface area contributed by atoms with Gasteiger partial charge in [-0.05, 0) is 6.07 Å². The third kappa shape index (κ3) is 4.20. The van der Waals surface area contributed by atoms with Crippen molar-refractivity contribution in [3.63, 3.8) is 0 Å². The fourth-order valence-electron chi connectivity index (χ4n) is 1.74. The number of ether oxygens (including phenoxy) is 2. The monoisotopic (exact) mass is 297 g/mol. The molecule has 0 radical (unpaired) electrons. The van der Waals surface area contributed by atoms with Crippen molar-refractivity contribution >= 4 is 18.5 Å². The summed E-state index contributed by atoms with van der Waals surface area (Å²) in [6.07, 6.45) is -5.01. The van der Waals surface area contributed by atoms with E-state index in [4.69, 9.17) is 0 Å². The molecule has 2 rings (SSSR count). The third-order valence-corrected chi connectivity index (χ3v) is 2.45. The number of benzene rings is 1. The lowest BCUT2D eigenvalue weighted by Gasteiger charge is -2.25. The number of hydrogen-bond acceptors (Lipinski definition) is 3. The van der Waals surface area contributed by atoms with E-state index < -0.39 is 18.5 Å². The quantitative estimate of drug-likeness (QED) is 0.912. The maximum Gasteiger partial charge on any atom is 0.573 e. The van der Waals surface area contributed by atoms with Gasteiger partial charge in [0.25, 0.3) is 0 Å². The molecule has 1 atom stereocenters. The van der Waals surface area contributed by atoms with Crippen LogP contribution in [-0.2, 0) is 4.74 Å². The number of halogens is 4. The van der Waals surface area contributed by atoms with E-state index in [1.807, 2.05) is 0 Å². The Labute approximate surface area is 113 Å². The van der Waals surface area contributed by atoms with E-state index >= 15 is 0 Å². The van der Waals surface area contributed by atoms with Crippen LogP contribution in [0, 0.1) is 0 Å². The van der Waals surface area contributed by atoms with E-state index in [1.54, 1.807) is 6.07 Å². The number of alkyl carbamates (subject to hydrolysis) is 1. The van der Waals surface area contributed by atoms with Gasteiger partial charge in [-0.3, -0.25) is 0 Å². The summed E-state index contributed by atoms with van der Waals surface area (Å²) >= 11 is 0. The van der Waals surface area contributed by atoms with E-state index in [1.165, 1.54) is 18.2 Å². The molecule has 0 aromatic heterocycles. The fraction of sp³-hybridized carbons (Fsp3) is 0.364. The van der Waals surface area contributed by atoms with Gasteiger partial charge in [-0.2, -0.15) is 0 Å². The number of rotatable bonds is 2. The predicted octanol–water partition coefficient (Wildman–Crippen LogP) is 3.18. The first kappa shape index (κ1) is 15.4. The van der Waals surface area contributed by atoms with E-state index in [9.17, 15) is 18.0 Å². The Kier molecular flexibility index (Phi) is 4.88. The summed E-state index contributed by atoms with van der Waals surface area (Å²) < 4.78 is 45.3. The number of nitrogens with one attached hydrogen (secondary N) is 1. The fourth-order valence-corrected chi connectivity index (χ4v) is 1.74. The topological polar surface area (TPSA) is 47.6 Å². The van der Waals surface area contributed by atoms with Crippen LogP contribution in [-0.4, -0.2) is 19.1 Å². The van der Waals surface area contributed by atoms with Crippen molar-refractivity contribution in [3.8, 4) is 5.75 Å².